The SMILES string of the molecule is CC(C)N(Cc1ccccc1)C(=O)c1ccc(NCCc2ccccc2)nc1. The Morgan fingerprint density at radius 1 is 0.929 bits per heavy atom. The van der Waals surface area contributed by atoms with Crippen LogP contribution in [-0.2, 0) is 13.0 Å². The number of carbonyl (C=O) groups excluding carboxylic acids is 1. The fourth-order valence-corrected chi connectivity index (χ4v) is 3.04. The molecule has 144 valence electrons. The van der Waals surface area contributed by atoms with Gasteiger partial charge in [-0.2, -0.15) is 0 Å². The van der Waals surface area contributed by atoms with Gasteiger partial charge < -0.3 is 10.2 Å². The van der Waals surface area contributed by atoms with Crippen LogP contribution in [0, 0.1) is 0 Å². The van der Waals surface area contributed by atoms with Gasteiger partial charge in [-0.3, -0.25) is 4.79 Å². The molecule has 0 bridgehead atoms. The third-order valence-electron chi connectivity index (χ3n) is 4.65. The highest BCUT2D eigenvalue weighted by atomic mass is 16.2. The second-order valence-corrected chi connectivity index (χ2v) is 7.11. The second-order valence-electron chi connectivity index (χ2n) is 7.11. The number of hydrogen-bond acceptors (Lipinski definition) is 3. The number of carbonyl (C=O) groups is 1. The predicted octanol–water partition coefficient (Wildman–Crippen LogP) is 4.79. The molecule has 0 aliphatic heterocycles. The fraction of sp³-hybridized carbons (Fsp3) is 0.250. The smallest absolute Gasteiger partial charge is 0.255 e. The summed E-state index contributed by atoms with van der Waals surface area (Å²) >= 11 is 0. The first-order chi connectivity index (χ1) is 13.6. The minimum atomic E-state index is 0.00203. The van der Waals surface area contributed by atoms with Crippen molar-refractivity contribution in [2.75, 3.05) is 11.9 Å². The van der Waals surface area contributed by atoms with Crippen LogP contribution < -0.4 is 5.32 Å². The molecule has 28 heavy (non-hydrogen) atoms. The number of nitrogens with one attached hydrogen (secondary N) is 1. The zero-order chi connectivity index (χ0) is 19.8. The number of nitrogens with zero attached hydrogens (tertiary/aromatic N) is 2. The molecule has 0 atom stereocenters. The number of anilines is 1. The molecule has 0 aliphatic rings. The third kappa shape index (κ3) is 5.43. The number of rotatable bonds is 8. The zero-order valence-electron chi connectivity index (χ0n) is 16.5. The standard InChI is InChI=1S/C24H27N3O/c1-19(2)27(18-21-11-7-4-8-12-21)24(28)22-13-14-23(26-17-22)25-16-15-20-9-5-3-6-10-20/h3-14,17,19H,15-16,18H2,1-2H3,(H,25,26). The second kappa shape index (κ2) is 9.70. The molecule has 3 aromatic rings. The van der Waals surface area contributed by atoms with Crippen molar-refractivity contribution in [3.05, 3.63) is 95.7 Å². The Morgan fingerprint density at radius 3 is 2.14 bits per heavy atom. The summed E-state index contributed by atoms with van der Waals surface area (Å²) in [5.74, 6) is 0.786. The van der Waals surface area contributed by atoms with Gasteiger partial charge in [-0.15, -0.1) is 0 Å². The summed E-state index contributed by atoms with van der Waals surface area (Å²) in [6, 6.07) is 24.2. The highest BCUT2D eigenvalue weighted by Gasteiger charge is 2.19. The number of benzene rings is 2. The van der Waals surface area contributed by atoms with Crippen LogP contribution in [0.5, 0.6) is 0 Å². The molecular weight excluding hydrogens is 346 g/mol. The largest absolute Gasteiger partial charge is 0.370 e. The van der Waals surface area contributed by atoms with Gasteiger partial charge in [0.05, 0.1) is 5.56 Å². The van der Waals surface area contributed by atoms with E-state index in [1.165, 1.54) is 5.56 Å². The average Bonchev–Trinajstić information content (AvgIpc) is 2.73. The number of amides is 1. The van der Waals surface area contributed by atoms with Crippen LogP contribution >= 0.6 is 0 Å². The fourth-order valence-electron chi connectivity index (χ4n) is 3.04. The van der Waals surface area contributed by atoms with Gasteiger partial charge >= 0.3 is 0 Å². The van der Waals surface area contributed by atoms with Gasteiger partial charge in [0.25, 0.3) is 5.91 Å². The lowest BCUT2D eigenvalue weighted by Crippen LogP contribution is -2.36. The Bertz CT molecular complexity index is 861. The summed E-state index contributed by atoms with van der Waals surface area (Å²) < 4.78 is 0. The summed E-state index contributed by atoms with van der Waals surface area (Å²) in [6.45, 7) is 5.46. The van der Waals surface area contributed by atoms with Crippen molar-refractivity contribution in [3.8, 4) is 0 Å². The van der Waals surface area contributed by atoms with E-state index in [0.29, 0.717) is 12.1 Å². The number of hydrogen-bond donors (Lipinski definition) is 1. The van der Waals surface area contributed by atoms with Gasteiger partial charge in [-0.1, -0.05) is 60.7 Å². The summed E-state index contributed by atoms with van der Waals surface area (Å²) in [4.78, 5) is 19.3. The molecular formula is C24H27N3O. The van der Waals surface area contributed by atoms with Crippen molar-refractivity contribution >= 4 is 11.7 Å². The first kappa shape index (κ1) is 19.6. The number of pyridine rings is 1. The Kier molecular flexibility index (Phi) is 6.79. The number of aromatic nitrogens is 1. The van der Waals surface area contributed by atoms with Gasteiger partial charge in [0.15, 0.2) is 0 Å². The van der Waals surface area contributed by atoms with Crippen LogP contribution in [0.3, 0.4) is 0 Å². The molecule has 0 radical (unpaired) electrons. The summed E-state index contributed by atoms with van der Waals surface area (Å²) in [6.07, 6.45) is 2.59. The van der Waals surface area contributed by atoms with Crippen molar-refractivity contribution in [1.82, 2.24) is 9.88 Å². The predicted molar refractivity (Wildman–Crippen MR) is 114 cm³/mol. The maximum Gasteiger partial charge on any atom is 0.255 e. The van der Waals surface area contributed by atoms with E-state index in [0.717, 1.165) is 24.3 Å². The molecule has 0 fully saturated rings. The molecule has 4 heteroatoms. The normalized spacial score (nSPS) is 10.7. The van der Waals surface area contributed by atoms with Crippen molar-refractivity contribution < 1.29 is 4.79 Å². The van der Waals surface area contributed by atoms with E-state index < -0.39 is 0 Å². The van der Waals surface area contributed by atoms with Crippen LogP contribution in [0.1, 0.15) is 35.3 Å². The molecule has 1 heterocycles. The molecule has 2 aromatic carbocycles. The Labute approximate surface area is 167 Å². The third-order valence-corrected chi connectivity index (χ3v) is 4.65. The molecule has 0 unspecified atom stereocenters. The minimum Gasteiger partial charge on any atom is -0.370 e. The van der Waals surface area contributed by atoms with E-state index in [9.17, 15) is 4.79 Å². The highest BCUT2D eigenvalue weighted by molar-refractivity contribution is 5.94. The lowest BCUT2D eigenvalue weighted by atomic mass is 10.1. The van der Waals surface area contributed by atoms with Gasteiger partial charge in [0, 0.05) is 25.3 Å². The topological polar surface area (TPSA) is 45.2 Å². The van der Waals surface area contributed by atoms with Crippen LogP contribution in [0.2, 0.25) is 0 Å². The lowest BCUT2D eigenvalue weighted by Gasteiger charge is -2.27. The quantitative estimate of drug-likeness (QED) is 0.618. The van der Waals surface area contributed by atoms with E-state index in [-0.39, 0.29) is 11.9 Å². The summed E-state index contributed by atoms with van der Waals surface area (Å²) in [5.41, 5.74) is 3.02. The summed E-state index contributed by atoms with van der Waals surface area (Å²) in [5, 5.41) is 3.32. The van der Waals surface area contributed by atoms with E-state index in [2.05, 4.69) is 22.4 Å². The Morgan fingerprint density at radius 2 is 1.57 bits per heavy atom. The Hall–Kier alpha value is -3.14. The van der Waals surface area contributed by atoms with E-state index in [1.807, 2.05) is 79.4 Å². The van der Waals surface area contributed by atoms with E-state index >= 15 is 0 Å². The van der Waals surface area contributed by atoms with Crippen LogP contribution in [-0.4, -0.2) is 28.4 Å². The molecule has 0 saturated heterocycles. The maximum atomic E-state index is 13.0. The van der Waals surface area contributed by atoms with E-state index in [4.69, 9.17) is 0 Å². The first-order valence-electron chi connectivity index (χ1n) is 9.72. The van der Waals surface area contributed by atoms with Gasteiger partial charge in [0.2, 0.25) is 0 Å². The van der Waals surface area contributed by atoms with Crippen molar-refractivity contribution in [2.45, 2.75) is 32.9 Å². The molecule has 0 saturated carbocycles. The van der Waals surface area contributed by atoms with Crippen LogP contribution in [0.4, 0.5) is 5.82 Å². The lowest BCUT2D eigenvalue weighted by molar-refractivity contribution is 0.0690. The maximum absolute atomic E-state index is 13.0. The van der Waals surface area contributed by atoms with Crippen molar-refractivity contribution in [2.24, 2.45) is 0 Å². The van der Waals surface area contributed by atoms with Crippen molar-refractivity contribution in [1.29, 1.82) is 0 Å². The molecule has 4 nitrogen and oxygen atoms in total. The molecule has 1 N–H and O–H groups in total. The molecule has 0 aliphatic carbocycles. The molecule has 1 aromatic heterocycles. The molecule has 3 rings (SSSR count). The molecule has 1 amide bonds. The average molecular weight is 374 g/mol. The Balaban J connectivity index is 1.60. The van der Waals surface area contributed by atoms with Gasteiger partial charge in [0.1, 0.15) is 5.82 Å². The van der Waals surface area contributed by atoms with Crippen LogP contribution in [0.25, 0.3) is 0 Å². The monoisotopic (exact) mass is 373 g/mol. The van der Waals surface area contributed by atoms with Crippen LogP contribution in [0.15, 0.2) is 79.0 Å². The minimum absolute atomic E-state index is 0.00203. The first-order valence-corrected chi connectivity index (χ1v) is 9.72. The highest BCUT2D eigenvalue weighted by Crippen LogP contribution is 2.14. The van der Waals surface area contributed by atoms with Crippen molar-refractivity contribution in [3.63, 3.8) is 0 Å². The zero-order valence-corrected chi connectivity index (χ0v) is 16.5. The van der Waals surface area contributed by atoms with Gasteiger partial charge in [-0.05, 0) is 43.5 Å². The summed E-state index contributed by atoms with van der Waals surface area (Å²) in [7, 11) is 0. The van der Waals surface area contributed by atoms with E-state index in [1.54, 1.807) is 6.20 Å². The molecule has 0 spiro atoms. The van der Waals surface area contributed by atoms with Gasteiger partial charge in [-0.25, -0.2) is 4.98 Å².